The molecule has 1 N–H and O–H groups in total. The van der Waals surface area contributed by atoms with Crippen LogP contribution in [-0.4, -0.2) is 29.8 Å². The predicted molar refractivity (Wildman–Crippen MR) is 70.4 cm³/mol. The Bertz CT molecular complexity index is 419. The summed E-state index contributed by atoms with van der Waals surface area (Å²) >= 11 is 0. The number of carbonyl (C=O) groups excluding carboxylic acids is 3. The summed E-state index contributed by atoms with van der Waals surface area (Å²) in [6.45, 7) is 0.986. The van der Waals surface area contributed by atoms with E-state index in [1.54, 1.807) is 0 Å². The Hall–Kier alpha value is -1.90. The molecule has 1 aliphatic rings. The van der Waals surface area contributed by atoms with Gasteiger partial charge in [0, 0.05) is 6.42 Å². The van der Waals surface area contributed by atoms with Crippen LogP contribution in [0.5, 0.6) is 0 Å². The number of nitrogens with one attached hydrogen (secondary N) is 1. The van der Waals surface area contributed by atoms with Crippen LogP contribution < -0.4 is 5.32 Å². The van der Waals surface area contributed by atoms with Crippen LogP contribution in [0.25, 0.3) is 0 Å². The first kappa shape index (κ1) is 16.2. The molecule has 0 aromatic rings. The molecule has 0 atom stereocenters. The number of amides is 1. The van der Waals surface area contributed by atoms with E-state index in [1.165, 1.54) is 6.92 Å². The van der Waals surface area contributed by atoms with E-state index < -0.39 is 24.0 Å². The zero-order valence-electron chi connectivity index (χ0n) is 11.7. The number of rotatable bonds is 6. The van der Waals surface area contributed by atoms with Gasteiger partial charge in [0.1, 0.15) is 11.3 Å². The van der Waals surface area contributed by atoms with Crippen molar-refractivity contribution in [3.05, 3.63) is 0 Å². The predicted octanol–water partition coefficient (Wildman–Crippen LogP) is 1.24. The number of ketones is 1. The summed E-state index contributed by atoms with van der Waals surface area (Å²) in [6.07, 6.45) is 4.24. The number of hydrogen-bond acceptors (Lipinski definition) is 5. The van der Waals surface area contributed by atoms with Gasteiger partial charge in [-0.3, -0.25) is 9.59 Å². The van der Waals surface area contributed by atoms with Gasteiger partial charge in [-0.1, -0.05) is 19.3 Å². The van der Waals surface area contributed by atoms with Gasteiger partial charge in [-0.25, -0.2) is 0 Å². The van der Waals surface area contributed by atoms with Crippen molar-refractivity contribution in [3.8, 4) is 6.07 Å². The summed E-state index contributed by atoms with van der Waals surface area (Å²) in [5.74, 6) is -1.15. The van der Waals surface area contributed by atoms with Crippen molar-refractivity contribution in [1.29, 1.82) is 5.26 Å². The fraction of sp³-hybridized carbons (Fsp3) is 0.714. The SMILES string of the molecule is CC(=O)CCC(=O)OCC(=O)NC1(C#N)CCCCC1. The standard InChI is InChI=1S/C14H20N2O4/c1-11(17)5-6-13(19)20-9-12(18)16-14(10-15)7-3-2-4-8-14/h2-9H2,1H3,(H,16,18). The third-order valence-electron chi connectivity index (χ3n) is 3.35. The molecular formula is C14H20N2O4. The second-order valence-corrected chi connectivity index (χ2v) is 5.17. The monoisotopic (exact) mass is 280 g/mol. The lowest BCUT2D eigenvalue weighted by Gasteiger charge is -2.31. The molecule has 0 aliphatic heterocycles. The van der Waals surface area contributed by atoms with E-state index in [0.717, 1.165) is 19.3 Å². The summed E-state index contributed by atoms with van der Waals surface area (Å²) in [6, 6.07) is 2.16. The van der Waals surface area contributed by atoms with Gasteiger partial charge in [0.05, 0.1) is 12.5 Å². The van der Waals surface area contributed by atoms with Crippen LogP contribution in [0, 0.1) is 11.3 Å². The maximum Gasteiger partial charge on any atom is 0.306 e. The highest BCUT2D eigenvalue weighted by Crippen LogP contribution is 2.27. The molecule has 1 aliphatic carbocycles. The molecule has 0 aromatic heterocycles. The highest BCUT2D eigenvalue weighted by atomic mass is 16.5. The smallest absolute Gasteiger partial charge is 0.306 e. The van der Waals surface area contributed by atoms with Gasteiger partial charge < -0.3 is 14.8 Å². The number of ether oxygens (including phenoxy) is 1. The summed E-state index contributed by atoms with van der Waals surface area (Å²) in [5, 5.41) is 11.9. The van der Waals surface area contributed by atoms with Crippen molar-refractivity contribution in [2.24, 2.45) is 0 Å². The fourth-order valence-corrected chi connectivity index (χ4v) is 2.22. The van der Waals surface area contributed by atoms with Gasteiger partial charge in [-0.15, -0.1) is 0 Å². The van der Waals surface area contributed by atoms with Crippen molar-refractivity contribution in [3.63, 3.8) is 0 Å². The Kier molecular flexibility index (Phi) is 6.16. The van der Waals surface area contributed by atoms with Crippen molar-refractivity contribution in [1.82, 2.24) is 5.32 Å². The Morgan fingerprint density at radius 2 is 1.85 bits per heavy atom. The number of Topliss-reactive ketones (excluding diaryl/α,β-unsaturated/α-hetero) is 1. The second kappa shape index (κ2) is 7.63. The van der Waals surface area contributed by atoms with Gasteiger partial charge in [-0.2, -0.15) is 5.26 Å². The molecule has 0 heterocycles. The van der Waals surface area contributed by atoms with Gasteiger partial charge in [0.15, 0.2) is 6.61 Å². The molecule has 0 radical (unpaired) electrons. The molecule has 1 saturated carbocycles. The Balaban J connectivity index is 2.34. The van der Waals surface area contributed by atoms with Crippen LogP contribution in [-0.2, 0) is 19.1 Å². The first-order valence-corrected chi connectivity index (χ1v) is 6.85. The summed E-state index contributed by atoms with van der Waals surface area (Å²) in [7, 11) is 0. The topological polar surface area (TPSA) is 96.3 Å². The third kappa shape index (κ3) is 5.39. The molecular weight excluding hydrogens is 260 g/mol. The Morgan fingerprint density at radius 1 is 1.20 bits per heavy atom. The largest absolute Gasteiger partial charge is 0.456 e. The molecule has 20 heavy (non-hydrogen) atoms. The van der Waals surface area contributed by atoms with E-state index in [2.05, 4.69) is 11.4 Å². The number of nitriles is 1. The van der Waals surface area contributed by atoms with E-state index in [4.69, 9.17) is 4.74 Å². The number of hydrogen-bond donors (Lipinski definition) is 1. The Labute approximate surface area is 118 Å². The van der Waals surface area contributed by atoms with Crippen molar-refractivity contribution in [2.75, 3.05) is 6.61 Å². The molecule has 0 spiro atoms. The molecule has 0 unspecified atom stereocenters. The average Bonchev–Trinajstić information content (AvgIpc) is 2.44. The van der Waals surface area contributed by atoms with Gasteiger partial charge in [0.25, 0.3) is 5.91 Å². The first-order valence-electron chi connectivity index (χ1n) is 6.85. The molecule has 1 rings (SSSR count). The van der Waals surface area contributed by atoms with E-state index in [-0.39, 0.29) is 18.6 Å². The van der Waals surface area contributed by atoms with E-state index in [0.29, 0.717) is 12.8 Å². The summed E-state index contributed by atoms with van der Waals surface area (Å²) in [5.41, 5.74) is -0.818. The van der Waals surface area contributed by atoms with Crippen molar-refractivity contribution >= 4 is 17.7 Å². The molecule has 0 bridgehead atoms. The molecule has 1 fully saturated rings. The maximum atomic E-state index is 11.7. The van der Waals surface area contributed by atoms with Gasteiger partial charge in [0.2, 0.25) is 0 Å². The van der Waals surface area contributed by atoms with E-state index in [9.17, 15) is 19.6 Å². The fourth-order valence-electron chi connectivity index (χ4n) is 2.22. The average molecular weight is 280 g/mol. The molecule has 0 aromatic carbocycles. The minimum absolute atomic E-state index is 0.0218. The van der Waals surface area contributed by atoms with Crippen LogP contribution in [0.3, 0.4) is 0 Å². The number of carbonyl (C=O) groups is 3. The zero-order valence-corrected chi connectivity index (χ0v) is 11.7. The third-order valence-corrected chi connectivity index (χ3v) is 3.35. The second-order valence-electron chi connectivity index (χ2n) is 5.17. The minimum Gasteiger partial charge on any atom is -0.456 e. The Morgan fingerprint density at radius 3 is 2.40 bits per heavy atom. The number of esters is 1. The first-order chi connectivity index (χ1) is 9.47. The lowest BCUT2D eigenvalue weighted by Crippen LogP contribution is -2.50. The normalized spacial score (nSPS) is 16.8. The summed E-state index contributed by atoms with van der Waals surface area (Å²) < 4.78 is 4.77. The van der Waals surface area contributed by atoms with E-state index in [1.807, 2.05) is 0 Å². The highest BCUT2D eigenvalue weighted by Gasteiger charge is 2.33. The molecule has 1 amide bonds. The highest BCUT2D eigenvalue weighted by molar-refractivity contribution is 5.83. The lowest BCUT2D eigenvalue weighted by molar-refractivity contribution is -0.149. The zero-order chi connectivity index (χ0) is 15.0. The maximum absolute atomic E-state index is 11.7. The lowest BCUT2D eigenvalue weighted by atomic mass is 9.83. The van der Waals surface area contributed by atoms with Crippen LogP contribution in [0.2, 0.25) is 0 Å². The van der Waals surface area contributed by atoms with Gasteiger partial charge >= 0.3 is 5.97 Å². The van der Waals surface area contributed by atoms with Crippen molar-refractivity contribution in [2.45, 2.75) is 57.4 Å². The van der Waals surface area contributed by atoms with Crippen molar-refractivity contribution < 1.29 is 19.1 Å². The molecule has 6 heteroatoms. The van der Waals surface area contributed by atoms with Crippen LogP contribution in [0.1, 0.15) is 51.9 Å². The van der Waals surface area contributed by atoms with Crippen LogP contribution >= 0.6 is 0 Å². The van der Waals surface area contributed by atoms with Crippen LogP contribution in [0.15, 0.2) is 0 Å². The van der Waals surface area contributed by atoms with E-state index >= 15 is 0 Å². The molecule has 6 nitrogen and oxygen atoms in total. The molecule has 110 valence electrons. The molecule has 0 saturated heterocycles. The number of nitrogens with zero attached hydrogens (tertiary/aromatic N) is 1. The minimum atomic E-state index is -0.818. The summed E-state index contributed by atoms with van der Waals surface area (Å²) in [4.78, 5) is 33.7. The quantitative estimate of drug-likeness (QED) is 0.738. The van der Waals surface area contributed by atoms with Gasteiger partial charge in [-0.05, 0) is 19.8 Å². The van der Waals surface area contributed by atoms with Crippen LogP contribution in [0.4, 0.5) is 0 Å².